The van der Waals surface area contributed by atoms with Gasteiger partial charge in [-0.15, -0.1) is 0 Å². The van der Waals surface area contributed by atoms with Gasteiger partial charge in [-0.1, -0.05) is 13.8 Å². The number of anilines is 1. The van der Waals surface area contributed by atoms with Crippen molar-refractivity contribution >= 4 is 17.3 Å². The predicted molar refractivity (Wildman–Crippen MR) is 76.7 cm³/mol. The van der Waals surface area contributed by atoms with Gasteiger partial charge in [-0.2, -0.15) is 0 Å². The van der Waals surface area contributed by atoms with Gasteiger partial charge in [0, 0.05) is 17.8 Å². The summed E-state index contributed by atoms with van der Waals surface area (Å²) < 4.78 is 4.78. The summed E-state index contributed by atoms with van der Waals surface area (Å²) in [5.41, 5.74) is 1.45. The Morgan fingerprint density at radius 2 is 2.10 bits per heavy atom. The van der Waals surface area contributed by atoms with Gasteiger partial charge in [0.2, 0.25) is 0 Å². The molecule has 0 saturated carbocycles. The molecule has 6 heteroatoms. The Labute approximate surface area is 118 Å². The molecule has 0 heterocycles. The monoisotopic (exact) mass is 280 g/mol. The molecule has 1 rings (SSSR count). The van der Waals surface area contributed by atoms with Crippen molar-refractivity contribution < 1.29 is 14.5 Å². The Hall–Kier alpha value is -2.11. The number of carbonyl (C=O) groups excluding carboxylic acids is 1. The smallest absolute Gasteiger partial charge is 0.328 e. The highest BCUT2D eigenvalue weighted by Gasteiger charge is 2.21. The van der Waals surface area contributed by atoms with Crippen LogP contribution in [0.25, 0.3) is 0 Å². The Bertz CT molecular complexity index is 500. The fraction of sp³-hybridized carbons (Fsp3) is 0.500. The lowest BCUT2D eigenvalue weighted by atomic mass is 10.0. The molecule has 20 heavy (non-hydrogen) atoms. The summed E-state index contributed by atoms with van der Waals surface area (Å²) >= 11 is 0. The van der Waals surface area contributed by atoms with Crippen molar-refractivity contribution in [1.29, 1.82) is 0 Å². The van der Waals surface area contributed by atoms with E-state index >= 15 is 0 Å². The topological polar surface area (TPSA) is 81.5 Å². The molecule has 1 atom stereocenters. The molecule has 0 aliphatic heterocycles. The van der Waals surface area contributed by atoms with Crippen LogP contribution in [0.3, 0.4) is 0 Å². The molecule has 0 bridgehead atoms. The first-order valence-corrected chi connectivity index (χ1v) is 6.44. The molecule has 0 aliphatic carbocycles. The molecule has 1 aromatic carbocycles. The number of nitrogens with one attached hydrogen (secondary N) is 1. The summed E-state index contributed by atoms with van der Waals surface area (Å²) in [6, 6.07) is 4.05. The average molecular weight is 280 g/mol. The van der Waals surface area contributed by atoms with E-state index in [-0.39, 0.29) is 11.7 Å². The van der Waals surface area contributed by atoms with Gasteiger partial charge in [-0.05, 0) is 30.9 Å². The van der Waals surface area contributed by atoms with E-state index in [1.54, 1.807) is 13.0 Å². The van der Waals surface area contributed by atoms with Crippen molar-refractivity contribution in [1.82, 2.24) is 0 Å². The van der Waals surface area contributed by atoms with E-state index in [2.05, 4.69) is 5.32 Å². The maximum absolute atomic E-state index is 11.7. The third-order valence-electron chi connectivity index (χ3n) is 2.94. The fourth-order valence-corrected chi connectivity index (χ4v) is 1.94. The number of hydrogen-bond donors (Lipinski definition) is 1. The highest BCUT2D eigenvalue weighted by atomic mass is 16.6. The van der Waals surface area contributed by atoms with E-state index in [0.29, 0.717) is 18.0 Å². The van der Waals surface area contributed by atoms with Crippen molar-refractivity contribution in [2.75, 3.05) is 12.4 Å². The fourth-order valence-electron chi connectivity index (χ4n) is 1.94. The van der Waals surface area contributed by atoms with Crippen LogP contribution in [0.4, 0.5) is 11.4 Å². The van der Waals surface area contributed by atoms with Gasteiger partial charge in [0.15, 0.2) is 0 Å². The molecule has 0 radical (unpaired) electrons. The van der Waals surface area contributed by atoms with Gasteiger partial charge in [0.25, 0.3) is 5.69 Å². The Morgan fingerprint density at radius 1 is 1.45 bits per heavy atom. The van der Waals surface area contributed by atoms with Gasteiger partial charge in [-0.3, -0.25) is 10.1 Å². The summed E-state index contributed by atoms with van der Waals surface area (Å²) in [6.07, 6.45) is 0.628. The van der Waals surface area contributed by atoms with Crippen molar-refractivity contribution in [3.63, 3.8) is 0 Å². The number of methoxy groups -OCH3 is 1. The van der Waals surface area contributed by atoms with Crippen LogP contribution in [-0.4, -0.2) is 24.0 Å². The SMILES string of the molecule is COC(=O)C(CC(C)C)Nc1ccc([N+](=O)[O-])cc1C. The number of hydrogen-bond acceptors (Lipinski definition) is 5. The van der Waals surface area contributed by atoms with Crippen LogP contribution < -0.4 is 5.32 Å². The molecule has 1 aromatic rings. The van der Waals surface area contributed by atoms with E-state index in [4.69, 9.17) is 4.74 Å². The molecule has 0 spiro atoms. The molecule has 0 aliphatic rings. The minimum Gasteiger partial charge on any atom is -0.467 e. The third-order valence-corrected chi connectivity index (χ3v) is 2.94. The van der Waals surface area contributed by atoms with E-state index in [1.807, 2.05) is 13.8 Å². The number of nitro groups is 1. The molecule has 0 saturated heterocycles. The number of rotatable bonds is 6. The number of nitro benzene ring substituents is 1. The molecular formula is C14H20N2O4. The van der Waals surface area contributed by atoms with E-state index in [0.717, 1.165) is 5.56 Å². The molecular weight excluding hydrogens is 260 g/mol. The first-order valence-electron chi connectivity index (χ1n) is 6.44. The number of ether oxygens (including phenoxy) is 1. The second-order valence-electron chi connectivity index (χ2n) is 5.11. The summed E-state index contributed by atoms with van der Waals surface area (Å²) in [6.45, 7) is 5.79. The van der Waals surface area contributed by atoms with Gasteiger partial charge in [0.05, 0.1) is 12.0 Å². The van der Waals surface area contributed by atoms with Crippen LogP contribution in [0.1, 0.15) is 25.8 Å². The minimum absolute atomic E-state index is 0.0338. The van der Waals surface area contributed by atoms with Crippen LogP contribution in [0.15, 0.2) is 18.2 Å². The molecule has 0 fully saturated rings. The summed E-state index contributed by atoms with van der Waals surface area (Å²) in [4.78, 5) is 22.0. The second-order valence-corrected chi connectivity index (χ2v) is 5.11. The Kier molecular flexibility index (Phi) is 5.49. The van der Waals surface area contributed by atoms with Crippen LogP contribution in [0, 0.1) is 23.0 Å². The van der Waals surface area contributed by atoms with Crippen LogP contribution in [0.5, 0.6) is 0 Å². The number of non-ortho nitro benzene ring substituents is 1. The molecule has 0 amide bonds. The summed E-state index contributed by atoms with van der Waals surface area (Å²) in [5, 5.41) is 13.8. The molecule has 0 aromatic heterocycles. The first kappa shape index (κ1) is 15.9. The van der Waals surface area contributed by atoms with Crippen molar-refractivity contribution in [3.05, 3.63) is 33.9 Å². The van der Waals surface area contributed by atoms with Gasteiger partial charge >= 0.3 is 5.97 Å². The second kappa shape index (κ2) is 6.88. The van der Waals surface area contributed by atoms with Crippen molar-refractivity contribution in [2.45, 2.75) is 33.2 Å². The lowest BCUT2D eigenvalue weighted by Crippen LogP contribution is -2.32. The molecule has 110 valence electrons. The molecule has 1 N–H and O–H groups in total. The van der Waals surface area contributed by atoms with Crippen LogP contribution in [0.2, 0.25) is 0 Å². The zero-order chi connectivity index (χ0) is 15.3. The standard InChI is InChI=1S/C14H20N2O4/c1-9(2)7-13(14(17)20-4)15-12-6-5-11(16(18)19)8-10(12)3/h5-6,8-9,13,15H,7H2,1-4H3. The third kappa shape index (κ3) is 4.22. The first-order chi connectivity index (χ1) is 9.35. The van der Waals surface area contributed by atoms with Gasteiger partial charge < -0.3 is 10.1 Å². The van der Waals surface area contributed by atoms with E-state index < -0.39 is 11.0 Å². The highest BCUT2D eigenvalue weighted by Crippen LogP contribution is 2.23. The number of carbonyl (C=O) groups is 1. The number of nitrogens with zero attached hydrogens (tertiary/aromatic N) is 1. The molecule has 1 unspecified atom stereocenters. The van der Waals surface area contributed by atoms with E-state index in [1.165, 1.54) is 19.2 Å². The summed E-state index contributed by atoms with van der Waals surface area (Å²) in [7, 11) is 1.35. The quantitative estimate of drug-likeness (QED) is 0.492. The normalized spacial score (nSPS) is 12.1. The van der Waals surface area contributed by atoms with Gasteiger partial charge in [-0.25, -0.2) is 4.79 Å². The number of esters is 1. The van der Waals surface area contributed by atoms with Gasteiger partial charge in [0.1, 0.15) is 6.04 Å². The maximum Gasteiger partial charge on any atom is 0.328 e. The lowest BCUT2D eigenvalue weighted by Gasteiger charge is -2.20. The number of aryl methyl sites for hydroxylation is 1. The van der Waals surface area contributed by atoms with Crippen LogP contribution in [-0.2, 0) is 9.53 Å². The number of benzene rings is 1. The molecule has 6 nitrogen and oxygen atoms in total. The zero-order valence-corrected chi connectivity index (χ0v) is 12.2. The van der Waals surface area contributed by atoms with Crippen LogP contribution >= 0.6 is 0 Å². The zero-order valence-electron chi connectivity index (χ0n) is 12.2. The summed E-state index contributed by atoms with van der Waals surface area (Å²) in [5.74, 6) is -0.0126. The highest BCUT2D eigenvalue weighted by molar-refractivity contribution is 5.79. The largest absolute Gasteiger partial charge is 0.467 e. The van der Waals surface area contributed by atoms with Crippen molar-refractivity contribution in [3.8, 4) is 0 Å². The minimum atomic E-state index is -0.458. The predicted octanol–water partition coefficient (Wildman–Crippen LogP) is 2.90. The van der Waals surface area contributed by atoms with Crippen molar-refractivity contribution in [2.24, 2.45) is 5.92 Å². The lowest BCUT2D eigenvalue weighted by molar-refractivity contribution is -0.384. The maximum atomic E-state index is 11.7. The average Bonchev–Trinajstić information content (AvgIpc) is 2.38. The van der Waals surface area contributed by atoms with E-state index in [9.17, 15) is 14.9 Å². The Balaban J connectivity index is 2.93. The Morgan fingerprint density at radius 3 is 2.55 bits per heavy atom.